The molecule has 0 aliphatic heterocycles. The van der Waals surface area contributed by atoms with Gasteiger partial charge in [0.05, 0.1) is 5.69 Å². The number of para-hydroxylation sites is 1. The van der Waals surface area contributed by atoms with Crippen LogP contribution in [0.5, 0.6) is 11.5 Å². The number of carboxylic acids is 1. The predicted molar refractivity (Wildman–Crippen MR) is 134 cm³/mol. The summed E-state index contributed by atoms with van der Waals surface area (Å²) >= 11 is 0. The first-order valence-electron chi connectivity index (χ1n) is 11.4. The number of aromatic carboxylic acids is 1. The predicted octanol–water partition coefficient (Wildman–Crippen LogP) is 5.27. The molecule has 0 atom stereocenters. The summed E-state index contributed by atoms with van der Waals surface area (Å²) in [6, 6.07) is 24.1. The summed E-state index contributed by atoms with van der Waals surface area (Å²) in [5.74, 6) is 0.0520. The first-order valence-corrected chi connectivity index (χ1v) is 11.4. The number of nitrogens with zero attached hydrogens (tertiary/aromatic N) is 5. The van der Waals surface area contributed by atoms with E-state index in [1.165, 1.54) is 30.5 Å². The molecule has 0 aliphatic rings. The Kier molecular flexibility index (Phi) is 6.80. The number of pyridine rings is 1. The highest BCUT2D eigenvalue weighted by molar-refractivity contribution is 5.99. The highest BCUT2D eigenvalue weighted by Crippen LogP contribution is 2.38. The third-order valence-corrected chi connectivity index (χ3v) is 5.63. The van der Waals surface area contributed by atoms with Crippen molar-refractivity contribution in [2.75, 3.05) is 11.4 Å². The first kappa shape index (κ1) is 23.6. The third kappa shape index (κ3) is 5.43. The van der Waals surface area contributed by atoms with Crippen molar-refractivity contribution in [1.29, 1.82) is 0 Å². The van der Waals surface area contributed by atoms with Gasteiger partial charge >= 0.3 is 5.97 Å². The van der Waals surface area contributed by atoms with Crippen LogP contribution in [0.1, 0.15) is 16.3 Å². The second-order valence-electron chi connectivity index (χ2n) is 8.00. The van der Waals surface area contributed by atoms with E-state index >= 15 is 0 Å². The van der Waals surface area contributed by atoms with Crippen molar-refractivity contribution in [3.63, 3.8) is 0 Å². The molecule has 0 saturated carbocycles. The number of tetrazole rings is 1. The molecular weight excluding hydrogens is 475 g/mol. The number of hydrogen-bond donors (Lipinski definition) is 2. The van der Waals surface area contributed by atoms with E-state index in [4.69, 9.17) is 4.74 Å². The lowest BCUT2D eigenvalue weighted by atomic mass is 10.00. The number of halogens is 1. The van der Waals surface area contributed by atoms with Crippen molar-refractivity contribution in [3.05, 3.63) is 108 Å². The number of hydrogen-bond acceptors (Lipinski definition) is 7. The Morgan fingerprint density at radius 2 is 1.65 bits per heavy atom. The van der Waals surface area contributed by atoms with Crippen LogP contribution in [0.4, 0.5) is 15.8 Å². The average molecular weight is 497 g/mol. The second-order valence-corrected chi connectivity index (χ2v) is 8.00. The lowest BCUT2D eigenvalue weighted by Gasteiger charge is -2.27. The molecule has 0 fully saturated rings. The van der Waals surface area contributed by atoms with Crippen molar-refractivity contribution in [2.24, 2.45) is 0 Å². The summed E-state index contributed by atoms with van der Waals surface area (Å²) in [6.45, 7) is 0.464. The van der Waals surface area contributed by atoms with E-state index in [-0.39, 0.29) is 11.5 Å². The minimum atomic E-state index is -1.14. The molecule has 9 nitrogen and oxygen atoms in total. The number of aromatic amines is 1. The lowest BCUT2D eigenvalue weighted by Crippen LogP contribution is -2.22. The molecule has 0 radical (unpaired) electrons. The smallest absolute Gasteiger partial charge is 0.355 e. The Labute approximate surface area is 211 Å². The van der Waals surface area contributed by atoms with E-state index < -0.39 is 5.97 Å². The van der Waals surface area contributed by atoms with Crippen LogP contribution in [-0.4, -0.2) is 43.2 Å². The quantitative estimate of drug-likeness (QED) is 0.283. The van der Waals surface area contributed by atoms with Gasteiger partial charge in [0.15, 0.2) is 11.5 Å². The highest BCUT2D eigenvalue weighted by Gasteiger charge is 2.22. The number of nitrogens with one attached hydrogen (secondary N) is 1. The zero-order valence-electron chi connectivity index (χ0n) is 19.5. The summed E-state index contributed by atoms with van der Waals surface area (Å²) in [7, 11) is 0. The molecule has 0 spiro atoms. The molecule has 0 saturated heterocycles. The maximum absolute atomic E-state index is 13.2. The number of carbonyl (C=O) groups is 1. The van der Waals surface area contributed by atoms with Crippen molar-refractivity contribution in [2.45, 2.75) is 6.42 Å². The Bertz CT molecular complexity index is 1480. The van der Waals surface area contributed by atoms with Crippen LogP contribution in [0.15, 0.2) is 91.1 Å². The molecule has 5 aromatic rings. The Hall–Kier alpha value is -5.12. The molecule has 3 aromatic carbocycles. The van der Waals surface area contributed by atoms with E-state index in [9.17, 15) is 14.3 Å². The Morgan fingerprint density at radius 1 is 0.946 bits per heavy atom. The van der Waals surface area contributed by atoms with Crippen LogP contribution in [0.2, 0.25) is 0 Å². The van der Waals surface area contributed by atoms with Gasteiger partial charge in [-0.3, -0.25) is 0 Å². The van der Waals surface area contributed by atoms with Gasteiger partial charge in [0.1, 0.15) is 17.3 Å². The molecule has 5 rings (SSSR count). The normalized spacial score (nSPS) is 10.7. The zero-order valence-corrected chi connectivity index (χ0v) is 19.5. The number of anilines is 2. The van der Waals surface area contributed by atoms with Crippen LogP contribution in [-0.2, 0) is 6.42 Å². The molecule has 2 aromatic heterocycles. The van der Waals surface area contributed by atoms with Crippen molar-refractivity contribution < 1.29 is 19.0 Å². The molecule has 0 amide bonds. The van der Waals surface area contributed by atoms with Crippen LogP contribution in [0.25, 0.3) is 11.1 Å². The fourth-order valence-electron chi connectivity index (χ4n) is 3.95. The average Bonchev–Trinajstić information content (AvgIpc) is 3.45. The summed E-state index contributed by atoms with van der Waals surface area (Å²) in [5.41, 5.74) is 2.55. The van der Waals surface area contributed by atoms with Crippen molar-refractivity contribution >= 4 is 17.3 Å². The van der Waals surface area contributed by atoms with Gasteiger partial charge in [-0.05, 0) is 60.2 Å². The number of ether oxygens (including phenoxy) is 1. The fraction of sp³-hybridized carbons (Fsp3) is 0.0741. The molecular formula is C27H21FN6O3. The molecule has 0 unspecified atom stereocenters. The van der Waals surface area contributed by atoms with Gasteiger partial charge in [0.2, 0.25) is 0 Å². The van der Waals surface area contributed by atoms with Crippen LogP contribution >= 0.6 is 0 Å². The molecule has 2 N–H and O–H groups in total. The third-order valence-electron chi connectivity index (χ3n) is 5.63. The fourth-order valence-corrected chi connectivity index (χ4v) is 3.95. The first-order chi connectivity index (χ1) is 18.1. The van der Waals surface area contributed by atoms with E-state index in [2.05, 4.69) is 25.6 Å². The van der Waals surface area contributed by atoms with Crippen LogP contribution in [0, 0.1) is 5.82 Å². The molecule has 0 bridgehead atoms. The second kappa shape index (κ2) is 10.6. The van der Waals surface area contributed by atoms with Gasteiger partial charge in [0, 0.05) is 30.4 Å². The monoisotopic (exact) mass is 496 g/mol. The van der Waals surface area contributed by atoms with Gasteiger partial charge < -0.3 is 14.7 Å². The molecule has 10 heteroatoms. The van der Waals surface area contributed by atoms with Gasteiger partial charge in [-0.2, -0.15) is 5.21 Å². The Morgan fingerprint density at radius 3 is 2.30 bits per heavy atom. The van der Waals surface area contributed by atoms with Gasteiger partial charge in [0.25, 0.3) is 0 Å². The van der Waals surface area contributed by atoms with E-state index in [1.807, 2.05) is 35.2 Å². The van der Waals surface area contributed by atoms with E-state index in [0.717, 1.165) is 5.69 Å². The zero-order chi connectivity index (χ0) is 25.6. The molecule has 184 valence electrons. The van der Waals surface area contributed by atoms with Crippen LogP contribution < -0.4 is 9.64 Å². The van der Waals surface area contributed by atoms with E-state index in [0.29, 0.717) is 47.1 Å². The number of rotatable bonds is 9. The van der Waals surface area contributed by atoms with Crippen molar-refractivity contribution in [3.8, 4) is 22.6 Å². The lowest BCUT2D eigenvalue weighted by molar-refractivity contribution is 0.0691. The minimum Gasteiger partial charge on any atom is -0.476 e. The van der Waals surface area contributed by atoms with E-state index in [1.54, 1.807) is 30.3 Å². The number of H-pyrrole nitrogens is 1. The highest BCUT2D eigenvalue weighted by atomic mass is 19.1. The maximum atomic E-state index is 13.2. The van der Waals surface area contributed by atoms with Gasteiger partial charge in [-0.25, -0.2) is 14.2 Å². The minimum absolute atomic E-state index is 0.0785. The largest absolute Gasteiger partial charge is 0.476 e. The number of carboxylic acid groups (broad SMARTS) is 1. The van der Waals surface area contributed by atoms with Crippen LogP contribution in [0.3, 0.4) is 0 Å². The topological polar surface area (TPSA) is 117 Å². The Balaban J connectivity index is 1.54. The SMILES string of the molecule is O=C(O)c1nccc(N(CCc2nn[nH]n2)c2ccccc2)c1-c1ccc(Oc2ccc(F)cc2)cc1. The number of benzene rings is 3. The molecule has 37 heavy (non-hydrogen) atoms. The van der Waals surface area contributed by atoms with Crippen molar-refractivity contribution in [1.82, 2.24) is 25.6 Å². The summed E-state index contributed by atoms with van der Waals surface area (Å²) in [5, 5.41) is 24.1. The standard InChI is InChI=1S/C27H21FN6O3/c28-19-8-12-22(13-9-19)37-21-10-6-18(7-11-21)25-23(14-16-29-26(25)27(35)36)34(20-4-2-1-3-5-20)17-15-24-30-32-33-31-24/h1-14,16H,15,17H2,(H,35,36)(H,30,31,32,33). The number of aromatic nitrogens is 5. The summed E-state index contributed by atoms with van der Waals surface area (Å²) < 4.78 is 19.0. The summed E-state index contributed by atoms with van der Waals surface area (Å²) in [4.78, 5) is 18.4. The van der Waals surface area contributed by atoms with Gasteiger partial charge in [-0.1, -0.05) is 35.5 Å². The summed E-state index contributed by atoms with van der Waals surface area (Å²) in [6.07, 6.45) is 1.96. The molecule has 0 aliphatic carbocycles. The van der Waals surface area contributed by atoms with Gasteiger partial charge in [-0.15, -0.1) is 10.2 Å². The molecule has 2 heterocycles. The maximum Gasteiger partial charge on any atom is 0.355 e.